The van der Waals surface area contributed by atoms with Crippen LogP contribution in [0.25, 0.3) is 0 Å². The molecule has 0 aliphatic carbocycles. The van der Waals surface area contributed by atoms with Gasteiger partial charge >= 0.3 is 5.97 Å². The van der Waals surface area contributed by atoms with E-state index in [1.165, 1.54) is 64.2 Å². The zero-order valence-electron chi connectivity index (χ0n) is 22.9. The highest BCUT2D eigenvalue weighted by Crippen LogP contribution is 2.25. The molecule has 0 bridgehead atoms. The average molecular weight is 463 g/mol. The summed E-state index contributed by atoms with van der Waals surface area (Å²) in [5, 5.41) is 0. The van der Waals surface area contributed by atoms with Crippen LogP contribution in [0.15, 0.2) is 0 Å². The Bertz CT molecular complexity index is 409. The Morgan fingerprint density at radius 3 is 1.19 bits per heavy atom. The van der Waals surface area contributed by atoms with Gasteiger partial charge in [0.05, 0.1) is 17.8 Å². The Kier molecular flexibility index (Phi) is 19.6. The van der Waals surface area contributed by atoms with Gasteiger partial charge in [-0.1, -0.05) is 78.1 Å². The van der Waals surface area contributed by atoms with E-state index in [1.54, 1.807) is 13.8 Å². The number of unbranched alkanes of at least 4 members (excludes halogenated alkanes) is 9. The van der Waals surface area contributed by atoms with Gasteiger partial charge in [-0.15, -0.1) is 0 Å². The molecule has 6 heteroatoms. The van der Waals surface area contributed by atoms with E-state index in [0.29, 0.717) is 0 Å². The monoisotopic (exact) mass is 462 g/mol. The molecule has 32 heavy (non-hydrogen) atoms. The zero-order valence-corrected chi connectivity index (χ0v) is 22.9. The summed E-state index contributed by atoms with van der Waals surface area (Å²) < 4.78 is 4.89. The summed E-state index contributed by atoms with van der Waals surface area (Å²) in [4.78, 5) is 32.6. The summed E-state index contributed by atoms with van der Waals surface area (Å²) in [7, 11) is 0. The minimum atomic E-state index is -1.38. The highest BCUT2D eigenvalue weighted by Gasteiger charge is 2.36. The first-order valence-electron chi connectivity index (χ1n) is 12.7. The van der Waals surface area contributed by atoms with Gasteiger partial charge in [-0.2, -0.15) is 9.78 Å². The van der Waals surface area contributed by atoms with Crippen LogP contribution in [0, 0.1) is 0 Å². The Morgan fingerprint density at radius 2 is 0.906 bits per heavy atom. The Hall–Kier alpha value is -0.690. The van der Waals surface area contributed by atoms with E-state index in [2.05, 4.69) is 13.8 Å². The molecule has 0 aliphatic heterocycles. The molecular weight excluding hydrogens is 408 g/mol. The largest absolute Gasteiger partial charge is 0.466 e. The molecule has 6 nitrogen and oxygen atoms in total. The molecular formula is C26H54O6. The van der Waals surface area contributed by atoms with Crippen LogP contribution < -0.4 is 0 Å². The predicted octanol–water partition coefficient (Wildman–Crippen LogP) is 8.08. The Labute approximate surface area is 198 Å². The quantitative estimate of drug-likeness (QED) is 0.0759. The lowest BCUT2D eigenvalue weighted by atomic mass is 10.1. The van der Waals surface area contributed by atoms with Crippen molar-refractivity contribution < 1.29 is 29.1 Å². The second-order valence-electron chi connectivity index (χ2n) is 10.5. The summed E-state index contributed by atoms with van der Waals surface area (Å²) in [6.45, 7) is 19.1. The van der Waals surface area contributed by atoms with Gasteiger partial charge in [0.25, 0.3) is 0 Å². The first-order valence-corrected chi connectivity index (χ1v) is 12.7. The van der Waals surface area contributed by atoms with Crippen molar-refractivity contribution in [2.45, 2.75) is 157 Å². The molecule has 0 unspecified atom stereocenters. The molecule has 0 aromatic carbocycles. The van der Waals surface area contributed by atoms with Crippen molar-refractivity contribution in [1.29, 1.82) is 0 Å². The standard InChI is InChI=1S/C14H28O6.C12H26/c1-9-16-11(15)10-14(8,19-17-12(2,3)4)20-18-13(5,6)7;1-3-5-7-9-11-12-10-8-6-4-2/h9-10H2,1-8H3;3-12H2,1-2H3. The molecule has 0 aliphatic rings. The summed E-state index contributed by atoms with van der Waals surface area (Å²) in [6.07, 6.45) is 14.3. The van der Waals surface area contributed by atoms with Gasteiger partial charge in [-0.05, 0) is 55.4 Å². The van der Waals surface area contributed by atoms with Gasteiger partial charge in [0.1, 0.15) is 6.42 Å². The van der Waals surface area contributed by atoms with E-state index in [1.807, 2.05) is 41.5 Å². The molecule has 0 amide bonds. The van der Waals surface area contributed by atoms with Gasteiger partial charge in [-0.3, -0.25) is 4.79 Å². The third kappa shape index (κ3) is 25.6. The van der Waals surface area contributed by atoms with Crippen molar-refractivity contribution in [2.75, 3.05) is 6.61 Å². The fourth-order valence-corrected chi connectivity index (χ4v) is 2.53. The van der Waals surface area contributed by atoms with Crippen LogP contribution in [0.2, 0.25) is 0 Å². The second kappa shape index (κ2) is 18.7. The van der Waals surface area contributed by atoms with E-state index in [0.717, 1.165) is 0 Å². The molecule has 0 aromatic heterocycles. The first kappa shape index (κ1) is 33.5. The fourth-order valence-electron chi connectivity index (χ4n) is 2.53. The molecule has 0 atom stereocenters. The predicted molar refractivity (Wildman–Crippen MR) is 131 cm³/mol. The van der Waals surface area contributed by atoms with Gasteiger partial charge in [0, 0.05) is 0 Å². The molecule has 0 rings (SSSR count). The first-order chi connectivity index (χ1) is 14.8. The van der Waals surface area contributed by atoms with Crippen molar-refractivity contribution in [3.8, 4) is 0 Å². The fraction of sp³-hybridized carbons (Fsp3) is 0.962. The smallest absolute Gasteiger partial charge is 0.311 e. The normalized spacial score (nSPS) is 12.3. The zero-order chi connectivity index (χ0) is 25.1. The molecule has 0 saturated heterocycles. The van der Waals surface area contributed by atoms with Crippen molar-refractivity contribution in [2.24, 2.45) is 0 Å². The number of hydrogen-bond donors (Lipinski definition) is 0. The van der Waals surface area contributed by atoms with E-state index in [-0.39, 0.29) is 13.0 Å². The van der Waals surface area contributed by atoms with Crippen molar-refractivity contribution in [3.63, 3.8) is 0 Å². The third-order valence-corrected chi connectivity index (χ3v) is 4.16. The van der Waals surface area contributed by atoms with E-state index >= 15 is 0 Å². The molecule has 0 aromatic rings. The Balaban J connectivity index is 0. The van der Waals surface area contributed by atoms with Crippen LogP contribution in [0.5, 0.6) is 0 Å². The third-order valence-electron chi connectivity index (χ3n) is 4.16. The number of esters is 1. The minimum Gasteiger partial charge on any atom is -0.466 e. The van der Waals surface area contributed by atoms with E-state index in [4.69, 9.17) is 24.3 Å². The minimum absolute atomic E-state index is 0.146. The molecule has 0 spiro atoms. The van der Waals surface area contributed by atoms with Crippen LogP contribution >= 0.6 is 0 Å². The van der Waals surface area contributed by atoms with Gasteiger partial charge in [-0.25, -0.2) is 9.78 Å². The van der Waals surface area contributed by atoms with Crippen LogP contribution in [-0.4, -0.2) is 29.6 Å². The maximum atomic E-state index is 11.6. The molecule has 0 saturated carbocycles. The molecule has 0 heterocycles. The molecule has 0 radical (unpaired) electrons. The van der Waals surface area contributed by atoms with Crippen molar-refractivity contribution in [3.05, 3.63) is 0 Å². The number of hydrogen-bond acceptors (Lipinski definition) is 6. The SMILES string of the molecule is CCCCCCCCCCCC.CCOC(=O)CC(C)(OOC(C)(C)C)OOC(C)(C)C. The number of carbonyl (C=O) groups is 1. The maximum absolute atomic E-state index is 11.6. The lowest BCUT2D eigenvalue weighted by molar-refractivity contribution is -0.535. The Morgan fingerprint density at radius 1 is 0.562 bits per heavy atom. The molecule has 194 valence electrons. The van der Waals surface area contributed by atoms with Gasteiger partial charge < -0.3 is 4.74 Å². The highest BCUT2D eigenvalue weighted by atomic mass is 17.3. The summed E-state index contributed by atoms with van der Waals surface area (Å²) in [5.41, 5.74) is -1.08. The van der Waals surface area contributed by atoms with Gasteiger partial charge in [0.2, 0.25) is 5.79 Å². The lowest BCUT2D eigenvalue weighted by Gasteiger charge is -2.32. The number of carbonyl (C=O) groups excluding carboxylic acids is 1. The van der Waals surface area contributed by atoms with Crippen molar-refractivity contribution >= 4 is 5.97 Å². The lowest BCUT2D eigenvalue weighted by Crippen LogP contribution is -2.40. The van der Waals surface area contributed by atoms with E-state index in [9.17, 15) is 4.79 Å². The van der Waals surface area contributed by atoms with Crippen LogP contribution in [0.4, 0.5) is 0 Å². The second-order valence-corrected chi connectivity index (χ2v) is 10.5. The van der Waals surface area contributed by atoms with Crippen molar-refractivity contribution in [1.82, 2.24) is 0 Å². The number of rotatable bonds is 16. The maximum Gasteiger partial charge on any atom is 0.311 e. The van der Waals surface area contributed by atoms with Crippen LogP contribution in [0.1, 0.15) is 140 Å². The van der Waals surface area contributed by atoms with E-state index < -0.39 is 23.0 Å². The topological polar surface area (TPSA) is 63.2 Å². The van der Waals surface area contributed by atoms with Crippen LogP contribution in [0.3, 0.4) is 0 Å². The highest BCUT2D eigenvalue weighted by molar-refractivity contribution is 5.70. The molecule has 0 N–H and O–H groups in total. The summed E-state index contributed by atoms with van der Waals surface area (Å²) >= 11 is 0. The summed E-state index contributed by atoms with van der Waals surface area (Å²) in [6, 6.07) is 0. The molecule has 0 fully saturated rings. The average Bonchev–Trinajstić information content (AvgIpc) is 2.67. The van der Waals surface area contributed by atoms with Gasteiger partial charge in [0.15, 0.2) is 0 Å². The summed E-state index contributed by atoms with van der Waals surface area (Å²) in [5.74, 6) is -1.84. The number of ether oxygens (including phenoxy) is 1. The van der Waals surface area contributed by atoms with Crippen LogP contribution in [-0.2, 0) is 29.1 Å².